The van der Waals surface area contributed by atoms with Crippen LogP contribution in [0.3, 0.4) is 0 Å². The lowest BCUT2D eigenvalue weighted by atomic mass is 10.1. The van der Waals surface area contributed by atoms with Crippen molar-refractivity contribution in [2.24, 2.45) is 0 Å². The number of thioether (sulfide) groups is 1. The number of hydrogen-bond donors (Lipinski definition) is 1. The third-order valence-electron chi connectivity index (χ3n) is 2.26. The van der Waals surface area contributed by atoms with Crippen LogP contribution in [0.5, 0.6) is 0 Å². The number of anilines is 1. The molecule has 5 heteroatoms. The fraction of sp³-hybridized carbons (Fsp3) is 0.300. The first-order valence-electron chi connectivity index (χ1n) is 4.56. The SMILES string of the molecule is N=C1SCCN1c1ccccc1C(F)F. The molecule has 1 aromatic carbocycles. The van der Waals surface area contributed by atoms with E-state index >= 15 is 0 Å². The molecule has 1 aromatic rings. The Balaban J connectivity index is 2.38. The Labute approximate surface area is 90.8 Å². The molecular weight excluding hydrogens is 218 g/mol. The van der Waals surface area contributed by atoms with Crippen molar-refractivity contribution < 1.29 is 8.78 Å². The van der Waals surface area contributed by atoms with Crippen LogP contribution in [0.2, 0.25) is 0 Å². The van der Waals surface area contributed by atoms with Gasteiger partial charge in [-0.15, -0.1) is 0 Å². The maximum absolute atomic E-state index is 12.7. The summed E-state index contributed by atoms with van der Waals surface area (Å²) in [7, 11) is 0. The topological polar surface area (TPSA) is 27.1 Å². The van der Waals surface area contributed by atoms with Gasteiger partial charge in [0, 0.05) is 17.9 Å². The Kier molecular flexibility index (Phi) is 2.90. The monoisotopic (exact) mass is 228 g/mol. The largest absolute Gasteiger partial charge is 0.320 e. The fourth-order valence-corrected chi connectivity index (χ4v) is 2.37. The summed E-state index contributed by atoms with van der Waals surface area (Å²) in [6.07, 6.45) is -2.49. The molecule has 1 heterocycles. The van der Waals surface area contributed by atoms with Crippen LogP contribution < -0.4 is 4.90 Å². The lowest BCUT2D eigenvalue weighted by Gasteiger charge is -2.20. The van der Waals surface area contributed by atoms with E-state index in [4.69, 9.17) is 5.41 Å². The second kappa shape index (κ2) is 4.18. The number of hydrogen-bond acceptors (Lipinski definition) is 2. The van der Waals surface area contributed by atoms with E-state index in [0.717, 1.165) is 5.75 Å². The summed E-state index contributed by atoms with van der Waals surface area (Å²) in [5.41, 5.74) is 0.465. The average Bonchev–Trinajstić information content (AvgIpc) is 2.64. The molecule has 1 N–H and O–H groups in total. The Bertz CT molecular complexity index is 381. The number of para-hydroxylation sites is 1. The molecule has 1 aliphatic rings. The summed E-state index contributed by atoms with van der Waals surface area (Å²) >= 11 is 1.38. The molecule has 0 saturated carbocycles. The van der Waals surface area contributed by atoms with Crippen molar-refractivity contribution in [1.82, 2.24) is 0 Å². The first-order valence-corrected chi connectivity index (χ1v) is 5.54. The number of benzene rings is 1. The number of nitrogens with zero attached hydrogens (tertiary/aromatic N) is 1. The Morgan fingerprint density at radius 1 is 1.33 bits per heavy atom. The van der Waals surface area contributed by atoms with Gasteiger partial charge in [-0.3, -0.25) is 5.41 Å². The van der Waals surface area contributed by atoms with Gasteiger partial charge < -0.3 is 4.90 Å². The van der Waals surface area contributed by atoms with Gasteiger partial charge in [0.1, 0.15) is 0 Å². The fourth-order valence-electron chi connectivity index (χ4n) is 1.56. The molecule has 0 atom stereocenters. The molecule has 0 aliphatic carbocycles. The Hall–Kier alpha value is -1.10. The van der Waals surface area contributed by atoms with Gasteiger partial charge in [0.15, 0.2) is 5.17 Å². The highest BCUT2D eigenvalue weighted by Crippen LogP contribution is 2.33. The van der Waals surface area contributed by atoms with Gasteiger partial charge in [-0.25, -0.2) is 8.78 Å². The predicted molar refractivity (Wildman–Crippen MR) is 58.9 cm³/mol. The molecule has 0 unspecified atom stereocenters. The molecule has 0 spiro atoms. The first-order chi connectivity index (χ1) is 7.20. The lowest BCUT2D eigenvalue weighted by molar-refractivity contribution is 0.152. The van der Waals surface area contributed by atoms with Crippen molar-refractivity contribution in [2.45, 2.75) is 6.43 Å². The molecular formula is C10H10F2N2S. The third-order valence-corrected chi connectivity index (χ3v) is 3.14. The van der Waals surface area contributed by atoms with Crippen LogP contribution >= 0.6 is 11.8 Å². The van der Waals surface area contributed by atoms with Gasteiger partial charge >= 0.3 is 0 Å². The lowest BCUT2D eigenvalue weighted by Crippen LogP contribution is -2.24. The van der Waals surface area contributed by atoms with E-state index in [0.29, 0.717) is 17.4 Å². The zero-order valence-corrected chi connectivity index (χ0v) is 8.73. The summed E-state index contributed by atoms with van der Waals surface area (Å²) in [5.74, 6) is 0.788. The molecule has 2 rings (SSSR count). The molecule has 0 aromatic heterocycles. The average molecular weight is 228 g/mol. The molecule has 15 heavy (non-hydrogen) atoms. The van der Waals surface area contributed by atoms with E-state index in [9.17, 15) is 8.78 Å². The van der Waals surface area contributed by atoms with Crippen LogP contribution in [0.25, 0.3) is 0 Å². The molecule has 1 saturated heterocycles. The summed E-state index contributed by atoms with van der Waals surface area (Å²) in [4.78, 5) is 1.63. The molecule has 2 nitrogen and oxygen atoms in total. The van der Waals surface area contributed by atoms with Crippen LogP contribution in [0, 0.1) is 5.41 Å². The molecule has 0 amide bonds. The van der Waals surface area contributed by atoms with Gasteiger partial charge in [-0.1, -0.05) is 30.0 Å². The second-order valence-electron chi connectivity index (χ2n) is 3.16. The normalized spacial score (nSPS) is 16.5. The predicted octanol–water partition coefficient (Wildman–Crippen LogP) is 3.11. The van der Waals surface area contributed by atoms with Gasteiger partial charge in [0.25, 0.3) is 6.43 Å². The Morgan fingerprint density at radius 2 is 2.07 bits per heavy atom. The number of halogens is 2. The van der Waals surface area contributed by atoms with E-state index in [1.165, 1.54) is 17.8 Å². The van der Waals surface area contributed by atoms with Crippen LogP contribution in [0.15, 0.2) is 24.3 Å². The zero-order valence-electron chi connectivity index (χ0n) is 7.91. The van der Waals surface area contributed by atoms with Crippen LogP contribution in [-0.4, -0.2) is 17.5 Å². The van der Waals surface area contributed by atoms with E-state index in [1.54, 1.807) is 23.1 Å². The van der Waals surface area contributed by atoms with E-state index in [1.807, 2.05) is 0 Å². The van der Waals surface area contributed by atoms with Gasteiger partial charge in [-0.2, -0.15) is 0 Å². The highest BCUT2D eigenvalue weighted by molar-refractivity contribution is 8.14. The van der Waals surface area contributed by atoms with Crippen molar-refractivity contribution in [2.75, 3.05) is 17.2 Å². The molecule has 1 aliphatic heterocycles. The van der Waals surface area contributed by atoms with E-state index in [2.05, 4.69) is 0 Å². The minimum atomic E-state index is -2.49. The first kappa shape index (κ1) is 10.4. The summed E-state index contributed by atoms with van der Waals surface area (Å²) in [6.45, 7) is 0.632. The molecule has 1 fully saturated rings. The standard InChI is InChI=1S/C10H10F2N2S/c11-9(12)7-3-1-2-4-8(7)14-5-6-15-10(14)13/h1-4,9,13H,5-6H2. The number of rotatable bonds is 2. The van der Waals surface area contributed by atoms with Crippen LogP contribution in [0.4, 0.5) is 14.5 Å². The van der Waals surface area contributed by atoms with Gasteiger partial charge in [0.05, 0.1) is 5.69 Å². The molecule has 0 bridgehead atoms. The minimum Gasteiger partial charge on any atom is -0.320 e. The maximum atomic E-state index is 12.7. The summed E-state index contributed by atoms with van der Waals surface area (Å²) in [6, 6.07) is 6.37. The van der Waals surface area contributed by atoms with Crippen molar-refractivity contribution in [3.63, 3.8) is 0 Å². The smallest absolute Gasteiger partial charge is 0.265 e. The van der Waals surface area contributed by atoms with Crippen molar-refractivity contribution in [3.05, 3.63) is 29.8 Å². The molecule has 0 radical (unpaired) electrons. The summed E-state index contributed by atoms with van der Waals surface area (Å²) in [5, 5.41) is 7.98. The van der Waals surface area contributed by atoms with Crippen LogP contribution in [0.1, 0.15) is 12.0 Å². The highest BCUT2D eigenvalue weighted by atomic mass is 32.2. The molecule has 80 valence electrons. The van der Waals surface area contributed by atoms with Gasteiger partial charge in [0.2, 0.25) is 0 Å². The quantitative estimate of drug-likeness (QED) is 0.842. The number of amidine groups is 1. The third kappa shape index (κ3) is 1.97. The zero-order chi connectivity index (χ0) is 10.8. The Morgan fingerprint density at radius 3 is 2.67 bits per heavy atom. The van der Waals surface area contributed by atoms with E-state index in [-0.39, 0.29) is 5.56 Å². The van der Waals surface area contributed by atoms with Gasteiger partial charge in [-0.05, 0) is 6.07 Å². The van der Waals surface area contributed by atoms with Crippen molar-refractivity contribution in [1.29, 1.82) is 5.41 Å². The highest BCUT2D eigenvalue weighted by Gasteiger charge is 2.24. The van der Waals surface area contributed by atoms with Crippen molar-refractivity contribution >= 4 is 22.6 Å². The minimum absolute atomic E-state index is 0.00440. The van der Waals surface area contributed by atoms with E-state index < -0.39 is 6.43 Å². The van der Waals surface area contributed by atoms with Crippen molar-refractivity contribution in [3.8, 4) is 0 Å². The number of alkyl halides is 2. The number of nitrogens with one attached hydrogen (secondary N) is 1. The van der Waals surface area contributed by atoms with Crippen LogP contribution in [-0.2, 0) is 0 Å². The second-order valence-corrected chi connectivity index (χ2v) is 4.25. The summed E-state index contributed by atoms with van der Waals surface area (Å²) < 4.78 is 25.4. The maximum Gasteiger partial charge on any atom is 0.265 e.